The molecule has 1 heterocycles. The van der Waals surface area contributed by atoms with Crippen LogP contribution in [0.5, 0.6) is 0 Å². The van der Waals surface area contributed by atoms with Crippen molar-refractivity contribution in [2.75, 3.05) is 33.9 Å². The normalized spacial score (nSPS) is 19.1. The molecule has 0 spiro atoms. The molecule has 0 aromatic carbocycles. The van der Waals surface area contributed by atoms with Gasteiger partial charge in [0.2, 0.25) is 0 Å². The third-order valence-electron chi connectivity index (χ3n) is 9.67. The summed E-state index contributed by atoms with van der Waals surface area (Å²) in [6, 6.07) is 0. The zero-order valence-corrected chi connectivity index (χ0v) is 32.2. The number of rotatable bonds is 33. The van der Waals surface area contributed by atoms with Crippen LogP contribution >= 0.6 is 0 Å². The molecule has 0 unspecified atom stereocenters. The van der Waals surface area contributed by atoms with Crippen molar-refractivity contribution in [3.8, 4) is 0 Å². The molecule has 0 amide bonds. The van der Waals surface area contributed by atoms with Crippen LogP contribution in [-0.2, 0) is 9.47 Å². The minimum absolute atomic E-state index is 0.320. The Morgan fingerprint density at radius 1 is 0.489 bits per heavy atom. The van der Waals surface area contributed by atoms with E-state index in [1.807, 2.05) is 0 Å². The molecular weight excluding hydrogens is 574 g/mol. The van der Waals surface area contributed by atoms with E-state index in [2.05, 4.69) is 81.5 Å². The Kier molecular flexibility index (Phi) is 31.1. The van der Waals surface area contributed by atoms with Gasteiger partial charge in [0, 0.05) is 18.8 Å². The Hall–Kier alpha value is -1.16. The van der Waals surface area contributed by atoms with Crippen molar-refractivity contribution < 1.29 is 9.47 Å². The summed E-state index contributed by atoms with van der Waals surface area (Å²) in [7, 11) is 4.32. The maximum Gasteiger partial charge on any atom is 0.168 e. The second kappa shape index (κ2) is 33.3. The lowest BCUT2D eigenvalue weighted by molar-refractivity contribution is -0.290. The van der Waals surface area contributed by atoms with Gasteiger partial charge in [0.15, 0.2) is 5.79 Å². The molecule has 0 radical (unpaired) electrons. The molecule has 0 saturated carbocycles. The van der Waals surface area contributed by atoms with Gasteiger partial charge < -0.3 is 14.4 Å². The van der Waals surface area contributed by atoms with Gasteiger partial charge in [-0.2, -0.15) is 0 Å². The van der Waals surface area contributed by atoms with Gasteiger partial charge in [0.25, 0.3) is 0 Å². The van der Waals surface area contributed by atoms with E-state index in [1.54, 1.807) is 0 Å². The standard InChI is InChI=1S/C44H81NO2/c1-5-7-9-11-13-15-17-19-21-23-25-27-29-31-33-35-38-44(46-41-43(42-47-44)37-40-45(3)4)39-36-34-32-30-28-26-24-22-20-18-16-14-12-10-8-6-2/h13-16,19-22,43H,5-12,17-18,23-42H2,1-4H3. The van der Waals surface area contributed by atoms with E-state index in [0.717, 1.165) is 45.4 Å². The smallest absolute Gasteiger partial charge is 0.168 e. The number of nitrogens with zero attached hydrogens (tertiary/aromatic N) is 1. The van der Waals surface area contributed by atoms with Crippen LogP contribution in [0.4, 0.5) is 0 Å². The van der Waals surface area contributed by atoms with E-state index >= 15 is 0 Å². The summed E-state index contributed by atoms with van der Waals surface area (Å²) in [5.41, 5.74) is 0. The van der Waals surface area contributed by atoms with Crippen LogP contribution in [0.2, 0.25) is 0 Å². The summed E-state index contributed by atoms with van der Waals surface area (Å²) in [6.07, 6.45) is 53.2. The minimum atomic E-state index is -0.320. The van der Waals surface area contributed by atoms with Gasteiger partial charge in [0.1, 0.15) is 0 Å². The van der Waals surface area contributed by atoms with Crippen molar-refractivity contribution in [1.82, 2.24) is 4.90 Å². The number of allylic oxidation sites excluding steroid dienone is 8. The molecule has 0 bridgehead atoms. The predicted molar refractivity (Wildman–Crippen MR) is 209 cm³/mol. The van der Waals surface area contributed by atoms with E-state index in [-0.39, 0.29) is 5.79 Å². The third kappa shape index (κ3) is 28.4. The molecular formula is C44H81NO2. The van der Waals surface area contributed by atoms with Crippen LogP contribution in [0.25, 0.3) is 0 Å². The summed E-state index contributed by atoms with van der Waals surface area (Å²) in [5, 5.41) is 0. The minimum Gasteiger partial charge on any atom is -0.350 e. The zero-order chi connectivity index (χ0) is 33.9. The first kappa shape index (κ1) is 43.9. The summed E-state index contributed by atoms with van der Waals surface area (Å²) in [5.74, 6) is 0.219. The average molecular weight is 656 g/mol. The summed E-state index contributed by atoms with van der Waals surface area (Å²) in [4.78, 5) is 2.27. The van der Waals surface area contributed by atoms with E-state index in [1.165, 1.54) is 148 Å². The highest BCUT2D eigenvalue weighted by atomic mass is 16.7. The van der Waals surface area contributed by atoms with Crippen LogP contribution in [0, 0.1) is 5.92 Å². The fraction of sp³-hybridized carbons (Fsp3) is 0.818. The van der Waals surface area contributed by atoms with Crippen molar-refractivity contribution >= 4 is 0 Å². The monoisotopic (exact) mass is 656 g/mol. The van der Waals surface area contributed by atoms with E-state index in [9.17, 15) is 0 Å². The Labute approximate surface area is 295 Å². The van der Waals surface area contributed by atoms with Gasteiger partial charge in [-0.05, 0) is 104 Å². The van der Waals surface area contributed by atoms with Gasteiger partial charge in [-0.15, -0.1) is 0 Å². The van der Waals surface area contributed by atoms with Gasteiger partial charge in [0.05, 0.1) is 13.2 Å². The lowest BCUT2D eigenvalue weighted by Gasteiger charge is -2.41. The van der Waals surface area contributed by atoms with Crippen molar-refractivity contribution in [3.63, 3.8) is 0 Å². The van der Waals surface area contributed by atoms with Gasteiger partial charge >= 0.3 is 0 Å². The molecule has 0 aliphatic carbocycles. The molecule has 0 aromatic heterocycles. The van der Waals surface area contributed by atoms with Gasteiger partial charge in [-0.25, -0.2) is 0 Å². The topological polar surface area (TPSA) is 21.7 Å². The van der Waals surface area contributed by atoms with Crippen LogP contribution in [0.1, 0.15) is 187 Å². The molecule has 3 heteroatoms. The Balaban J connectivity index is 2.19. The number of ether oxygens (including phenoxy) is 2. The molecule has 47 heavy (non-hydrogen) atoms. The first-order valence-corrected chi connectivity index (χ1v) is 20.6. The summed E-state index contributed by atoms with van der Waals surface area (Å²) < 4.78 is 13.2. The molecule has 0 atom stereocenters. The number of unbranched alkanes of at least 4 members (excludes halogenated alkanes) is 18. The molecule has 3 nitrogen and oxygen atoms in total. The third-order valence-corrected chi connectivity index (χ3v) is 9.67. The second-order valence-corrected chi connectivity index (χ2v) is 14.7. The molecule has 1 aliphatic heterocycles. The first-order valence-electron chi connectivity index (χ1n) is 20.6. The highest BCUT2D eigenvalue weighted by molar-refractivity contribution is 4.93. The summed E-state index contributed by atoms with van der Waals surface area (Å²) in [6.45, 7) is 7.40. The quantitative estimate of drug-likeness (QED) is 0.0519. The number of hydrogen-bond acceptors (Lipinski definition) is 3. The van der Waals surface area contributed by atoms with E-state index in [4.69, 9.17) is 9.47 Å². The SMILES string of the molecule is CCCCCC=CCC=CCCCCCCCCC1(CCCCCCCCC=CCC=CCCCCC)OCC(CCN(C)C)CO1. The highest BCUT2D eigenvalue weighted by Gasteiger charge is 2.36. The first-order chi connectivity index (χ1) is 23.1. The average Bonchev–Trinajstić information content (AvgIpc) is 3.07. The Morgan fingerprint density at radius 2 is 0.851 bits per heavy atom. The van der Waals surface area contributed by atoms with E-state index < -0.39 is 0 Å². The van der Waals surface area contributed by atoms with E-state index in [0.29, 0.717) is 5.92 Å². The Bertz CT molecular complexity index is 709. The maximum absolute atomic E-state index is 6.59. The Morgan fingerprint density at radius 3 is 1.23 bits per heavy atom. The molecule has 1 fully saturated rings. The fourth-order valence-corrected chi connectivity index (χ4v) is 6.42. The lowest BCUT2D eigenvalue weighted by Crippen LogP contribution is -2.44. The largest absolute Gasteiger partial charge is 0.350 e. The van der Waals surface area contributed by atoms with Crippen molar-refractivity contribution in [3.05, 3.63) is 48.6 Å². The molecule has 274 valence electrons. The lowest BCUT2D eigenvalue weighted by atomic mass is 9.96. The van der Waals surface area contributed by atoms with Gasteiger partial charge in [-0.3, -0.25) is 0 Å². The van der Waals surface area contributed by atoms with Crippen LogP contribution in [0.3, 0.4) is 0 Å². The molecule has 1 saturated heterocycles. The summed E-state index contributed by atoms with van der Waals surface area (Å²) >= 11 is 0. The molecule has 0 N–H and O–H groups in total. The molecule has 0 aromatic rings. The zero-order valence-electron chi connectivity index (χ0n) is 32.2. The fourth-order valence-electron chi connectivity index (χ4n) is 6.42. The van der Waals surface area contributed by atoms with Crippen molar-refractivity contribution in [2.45, 2.75) is 193 Å². The van der Waals surface area contributed by atoms with Crippen LogP contribution in [0.15, 0.2) is 48.6 Å². The maximum atomic E-state index is 6.59. The molecule has 1 aliphatic rings. The predicted octanol–water partition coefficient (Wildman–Crippen LogP) is 13.7. The molecule has 1 rings (SSSR count). The van der Waals surface area contributed by atoms with Crippen LogP contribution in [-0.4, -0.2) is 44.5 Å². The highest BCUT2D eigenvalue weighted by Crippen LogP contribution is 2.33. The van der Waals surface area contributed by atoms with Crippen molar-refractivity contribution in [2.24, 2.45) is 5.92 Å². The van der Waals surface area contributed by atoms with Crippen molar-refractivity contribution in [1.29, 1.82) is 0 Å². The number of hydrogen-bond donors (Lipinski definition) is 0. The van der Waals surface area contributed by atoms with Crippen LogP contribution < -0.4 is 0 Å². The second-order valence-electron chi connectivity index (χ2n) is 14.7. The van der Waals surface area contributed by atoms with Gasteiger partial charge in [-0.1, -0.05) is 140 Å².